The number of ether oxygens (including phenoxy) is 2. The van der Waals surface area contributed by atoms with Gasteiger partial charge in [-0.2, -0.15) is 0 Å². The highest BCUT2D eigenvalue weighted by Crippen LogP contribution is 2.26. The molecule has 1 saturated carbocycles. The lowest BCUT2D eigenvalue weighted by Crippen LogP contribution is -2.21. The van der Waals surface area contributed by atoms with E-state index in [0.717, 1.165) is 36.6 Å². The Morgan fingerprint density at radius 2 is 1.79 bits per heavy atom. The molecule has 1 fully saturated rings. The predicted molar refractivity (Wildman–Crippen MR) is 116 cm³/mol. The summed E-state index contributed by atoms with van der Waals surface area (Å²) in [6, 6.07) is 12.5. The minimum absolute atomic E-state index is 0.0264. The van der Waals surface area contributed by atoms with Crippen molar-refractivity contribution in [1.29, 1.82) is 0 Å². The molecular formula is C23H26BrNO4. The van der Waals surface area contributed by atoms with Crippen LogP contribution in [0.15, 0.2) is 46.9 Å². The largest absolute Gasteiger partial charge is 0.483 e. The van der Waals surface area contributed by atoms with Gasteiger partial charge in [0.05, 0.1) is 10.0 Å². The van der Waals surface area contributed by atoms with Crippen LogP contribution in [0.3, 0.4) is 0 Å². The summed E-state index contributed by atoms with van der Waals surface area (Å²) in [5.74, 6) is 0.0469. The van der Waals surface area contributed by atoms with Crippen LogP contribution in [-0.4, -0.2) is 24.6 Å². The molecular weight excluding hydrogens is 434 g/mol. The first-order chi connectivity index (χ1) is 14.0. The van der Waals surface area contributed by atoms with Crippen LogP contribution in [0.1, 0.15) is 54.9 Å². The number of hydrogen-bond donors (Lipinski definition) is 1. The highest BCUT2D eigenvalue weighted by molar-refractivity contribution is 9.10. The molecule has 6 heteroatoms. The zero-order valence-electron chi connectivity index (χ0n) is 16.6. The Hall–Kier alpha value is -2.34. The van der Waals surface area contributed by atoms with E-state index in [1.54, 1.807) is 24.3 Å². The van der Waals surface area contributed by atoms with Crippen LogP contribution < -0.4 is 10.1 Å². The van der Waals surface area contributed by atoms with Crippen molar-refractivity contribution in [1.82, 2.24) is 0 Å². The van der Waals surface area contributed by atoms with Gasteiger partial charge < -0.3 is 14.8 Å². The minimum atomic E-state index is -0.307. The van der Waals surface area contributed by atoms with E-state index >= 15 is 0 Å². The normalized spacial score (nSPS) is 14.3. The molecule has 1 aliphatic carbocycles. The smallest absolute Gasteiger partial charge is 0.338 e. The second-order valence-corrected chi connectivity index (χ2v) is 8.05. The van der Waals surface area contributed by atoms with Gasteiger partial charge >= 0.3 is 5.97 Å². The Morgan fingerprint density at radius 3 is 2.45 bits per heavy atom. The zero-order chi connectivity index (χ0) is 20.6. The van der Waals surface area contributed by atoms with Crippen molar-refractivity contribution in [2.75, 3.05) is 11.9 Å². The maximum atomic E-state index is 12.2. The number of hydrogen-bond acceptors (Lipinski definition) is 4. The number of aryl methyl sites for hydroxylation is 1. The number of carbonyl (C=O) groups excluding carboxylic acids is 2. The van der Waals surface area contributed by atoms with Crippen LogP contribution in [-0.2, 0) is 16.0 Å². The van der Waals surface area contributed by atoms with Gasteiger partial charge in [-0.1, -0.05) is 19.4 Å². The van der Waals surface area contributed by atoms with Crippen LogP contribution >= 0.6 is 15.9 Å². The summed E-state index contributed by atoms with van der Waals surface area (Å²) in [4.78, 5) is 24.4. The third kappa shape index (κ3) is 6.32. The summed E-state index contributed by atoms with van der Waals surface area (Å²) in [6.45, 7) is 1.98. The Bertz CT molecular complexity index is 844. The second-order valence-electron chi connectivity index (χ2n) is 7.20. The Morgan fingerprint density at radius 1 is 1.07 bits per heavy atom. The van der Waals surface area contributed by atoms with E-state index in [9.17, 15) is 9.59 Å². The standard InChI is InChI=1S/C23H26BrNO4/c1-2-16-8-13-21(20(24)14-16)28-15-22(26)25-18-11-9-17(10-12-18)23(27)29-19-6-4-3-5-7-19/h8-14,19H,2-7,15H2,1H3,(H,25,26). The third-order valence-electron chi connectivity index (χ3n) is 4.99. The molecule has 1 aliphatic rings. The number of rotatable bonds is 7. The summed E-state index contributed by atoms with van der Waals surface area (Å²) in [7, 11) is 0. The number of benzene rings is 2. The second kappa shape index (κ2) is 10.4. The van der Waals surface area contributed by atoms with Gasteiger partial charge in [0.15, 0.2) is 6.61 Å². The van der Waals surface area contributed by atoms with E-state index in [1.807, 2.05) is 18.2 Å². The maximum absolute atomic E-state index is 12.2. The number of esters is 1. The SMILES string of the molecule is CCc1ccc(OCC(=O)Nc2ccc(C(=O)OC3CCCCC3)cc2)c(Br)c1. The first kappa shape index (κ1) is 21.4. The molecule has 0 heterocycles. The van der Waals surface area contributed by atoms with Gasteiger partial charge in [-0.3, -0.25) is 4.79 Å². The number of nitrogens with one attached hydrogen (secondary N) is 1. The molecule has 0 unspecified atom stereocenters. The fraction of sp³-hybridized carbons (Fsp3) is 0.391. The fourth-order valence-corrected chi connectivity index (χ4v) is 3.85. The van der Waals surface area contributed by atoms with Gasteiger partial charge in [-0.05, 0) is 90.0 Å². The molecule has 29 heavy (non-hydrogen) atoms. The molecule has 0 aromatic heterocycles. The van der Waals surface area contributed by atoms with Gasteiger partial charge in [0.25, 0.3) is 5.91 Å². The van der Waals surface area contributed by atoms with Crippen molar-refractivity contribution in [3.63, 3.8) is 0 Å². The summed E-state index contributed by atoms with van der Waals surface area (Å²) >= 11 is 3.46. The van der Waals surface area contributed by atoms with E-state index in [1.165, 1.54) is 12.0 Å². The van der Waals surface area contributed by atoms with Crippen LogP contribution in [0.25, 0.3) is 0 Å². The maximum Gasteiger partial charge on any atom is 0.338 e. The van der Waals surface area contributed by atoms with Gasteiger partial charge in [0.1, 0.15) is 11.9 Å². The van der Waals surface area contributed by atoms with Crippen molar-refractivity contribution in [3.8, 4) is 5.75 Å². The Balaban J connectivity index is 1.48. The summed E-state index contributed by atoms with van der Waals surface area (Å²) in [5, 5.41) is 2.77. The first-order valence-corrected chi connectivity index (χ1v) is 10.9. The Labute approximate surface area is 179 Å². The lowest BCUT2D eigenvalue weighted by Gasteiger charge is -2.21. The van der Waals surface area contributed by atoms with E-state index in [0.29, 0.717) is 17.0 Å². The molecule has 0 atom stereocenters. The van der Waals surface area contributed by atoms with Crippen LogP contribution in [0.2, 0.25) is 0 Å². The molecule has 0 spiro atoms. The van der Waals surface area contributed by atoms with Crippen molar-refractivity contribution in [2.45, 2.75) is 51.6 Å². The monoisotopic (exact) mass is 459 g/mol. The lowest BCUT2D eigenvalue weighted by atomic mass is 9.98. The van der Waals surface area contributed by atoms with Crippen LogP contribution in [0, 0.1) is 0 Å². The molecule has 1 N–H and O–H groups in total. The van der Waals surface area contributed by atoms with Crippen molar-refractivity contribution >= 4 is 33.5 Å². The predicted octanol–water partition coefficient (Wildman–Crippen LogP) is 5.52. The van der Waals surface area contributed by atoms with E-state index in [2.05, 4.69) is 28.2 Å². The summed E-state index contributed by atoms with van der Waals surface area (Å²) in [6.07, 6.45) is 6.29. The molecule has 0 radical (unpaired) electrons. The average molecular weight is 460 g/mol. The minimum Gasteiger partial charge on any atom is -0.483 e. The van der Waals surface area contributed by atoms with Gasteiger partial charge in [-0.25, -0.2) is 4.79 Å². The molecule has 5 nitrogen and oxygen atoms in total. The summed E-state index contributed by atoms with van der Waals surface area (Å²) < 4.78 is 12.0. The van der Waals surface area contributed by atoms with Crippen molar-refractivity contribution < 1.29 is 19.1 Å². The zero-order valence-corrected chi connectivity index (χ0v) is 18.2. The Kier molecular flexibility index (Phi) is 7.69. The molecule has 2 aromatic rings. The molecule has 1 amide bonds. The van der Waals surface area contributed by atoms with Gasteiger partial charge in [0, 0.05) is 5.69 Å². The van der Waals surface area contributed by atoms with Crippen molar-refractivity contribution in [2.24, 2.45) is 0 Å². The molecule has 3 rings (SSSR count). The molecule has 0 bridgehead atoms. The topological polar surface area (TPSA) is 64.6 Å². The van der Waals surface area contributed by atoms with Crippen molar-refractivity contribution in [3.05, 3.63) is 58.1 Å². The molecule has 0 aliphatic heterocycles. The van der Waals surface area contributed by atoms with Gasteiger partial charge in [0.2, 0.25) is 0 Å². The van der Waals surface area contributed by atoms with E-state index in [4.69, 9.17) is 9.47 Å². The quantitative estimate of drug-likeness (QED) is 0.553. The molecule has 154 valence electrons. The summed E-state index contributed by atoms with van der Waals surface area (Å²) in [5.41, 5.74) is 2.29. The van der Waals surface area contributed by atoms with Crippen LogP contribution in [0.5, 0.6) is 5.75 Å². The number of carbonyl (C=O) groups is 2. The molecule has 0 saturated heterocycles. The number of anilines is 1. The fourth-order valence-electron chi connectivity index (χ4n) is 3.31. The molecule has 2 aromatic carbocycles. The van der Waals surface area contributed by atoms with Crippen LogP contribution in [0.4, 0.5) is 5.69 Å². The highest BCUT2D eigenvalue weighted by atomic mass is 79.9. The average Bonchev–Trinajstić information content (AvgIpc) is 2.74. The number of amides is 1. The van der Waals surface area contributed by atoms with E-state index < -0.39 is 0 Å². The van der Waals surface area contributed by atoms with Gasteiger partial charge in [-0.15, -0.1) is 0 Å². The lowest BCUT2D eigenvalue weighted by molar-refractivity contribution is -0.118. The van der Waals surface area contributed by atoms with E-state index in [-0.39, 0.29) is 24.6 Å². The first-order valence-electron chi connectivity index (χ1n) is 10.1. The number of halogens is 1. The third-order valence-corrected chi connectivity index (χ3v) is 5.61. The highest BCUT2D eigenvalue weighted by Gasteiger charge is 2.18.